The van der Waals surface area contributed by atoms with Crippen molar-refractivity contribution in [3.05, 3.63) is 92.9 Å². The zero-order chi connectivity index (χ0) is 28.7. The number of nitro groups is 1. The van der Waals surface area contributed by atoms with E-state index in [4.69, 9.17) is 4.74 Å². The van der Waals surface area contributed by atoms with E-state index in [1.807, 2.05) is 30.3 Å². The molecule has 0 spiro atoms. The van der Waals surface area contributed by atoms with Gasteiger partial charge in [0.05, 0.1) is 22.8 Å². The lowest BCUT2D eigenvalue weighted by Gasteiger charge is -2.34. The topological polar surface area (TPSA) is 152 Å². The van der Waals surface area contributed by atoms with E-state index in [9.17, 15) is 19.7 Å². The molecule has 2 heterocycles. The molecule has 0 saturated carbocycles. The van der Waals surface area contributed by atoms with Gasteiger partial charge in [0.15, 0.2) is 5.82 Å². The summed E-state index contributed by atoms with van der Waals surface area (Å²) in [5.74, 6) is 0.113. The molecule has 1 unspecified atom stereocenters. The Bertz CT molecular complexity index is 1560. The third-order valence-corrected chi connectivity index (χ3v) is 7.53. The smallest absolute Gasteiger partial charge is 0.313 e. The van der Waals surface area contributed by atoms with E-state index in [2.05, 4.69) is 25.8 Å². The number of non-ortho nitro benzene ring substituents is 1. The second-order valence-corrected chi connectivity index (χ2v) is 10.6. The number of aromatic amines is 1. The maximum absolute atomic E-state index is 12.9. The van der Waals surface area contributed by atoms with Crippen molar-refractivity contribution < 1.29 is 14.5 Å². The molecule has 0 aliphatic heterocycles. The SMILES string of the molecule is COC(=O)C(C)(C)C(NCCCNc1n[nH]c(=O)c2ccccc12)c1cc([N+](=O)[O-])ccc1Sc1ccccn1. The predicted molar refractivity (Wildman–Crippen MR) is 153 cm³/mol. The lowest BCUT2D eigenvalue weighted by molar-refractivity contribution is -0.385. The number of H-pyrrole nitrogens is 1. The number of nitro benzene ring substituents is 1. The molecule has 4 rings (SSSR count). The Hall–Kier alpha value is -4.29. The number of benzene rings is 2. The Labute approximate surface area is 234 Å². The molecular formula is C28H30N6O5S. The number of pyridine rings is 1. The maximum Gasteiger partial charge on any atom is 0.313 e. The highest BCUT2D eigenvalue weighted by Gasteiger charge is 2.40. The maximum atomic E-state index is 12.9. The minimum absolute atomic E-state index is 0.0782. The fourth-order valence-electron chi connectivity index (χ4n) is 4.41. The van der Waals surface area contributed by atoms with Gasteiger partial charge >= 0.3 is 5.97 Å². The Morgan fingerprint density at radius 2 is 1.88 bits per heavy atom. The van der Waals surface area contributed by atoms with E-state index in [1.54, 1.807) is 38.2 Å². The highest BCUT2D eigenvalue weighted by atomic mass is 32.2. The van der Waals surface area contributed by atoms with E-state index in [1.165, 1.54) is 31.0 Å². The minimum Gasteiger partial charge on any atom is -0.469 e. The second kappa shape index (κ2) is 12.7. The van der Waals surface area contributed by atoms with Gasteiger partial charge in [0.1, 0.15) is 5.03 Å². The Morgan fingerprint density at radius 3 is 2.58 bits per heavy atom. The van der Waals surface area contributed by atoms with E-state index >= 15 is 0 Å². The monoisotopic (exact) mass is 562 g/mol. The Kier molecular flexibility index (Phi) is 9.12. The lowest BCUT2D eigenvalue weighted by atomic mass is 9.80. The average molecular weight is 563 g/mol. The van der Waals surface area contributed by atoms with Crippen molar-refractivity contribution in [2.45, 2.75) is 36.2 Å². The van der Waals surface area contributed by atoms with Gasteiger partial charge in [0.2, 0.25) is 0 Å². The van der Waals surface area contributed by atoms with E-state index in [-0.39, 0.29) is 11.2 Å². The first-order valence-corrected chi connectivity index (χ1v) is 13.4. The summed E-state index contributed by atoms with van der Waals surface area (Å²) in [4.78, 5) is 41.3. The Balaban J connectivity index is 1.57. The number of nitrogens with zero attached hydrogens (tertiary/aromatic N) is 3. The highest BCUT2D eigenvalue weighted by Crippen LogP contribution is 2.42. The first-order valence-electron chi connectivity index (χ1n) is 12.6. The minimum atomic E-state index is -1.06. The van der Waals surface area contributed by atoms with Gasteiger partial charge in [0.25, 0.3) is 11.2 Å². The largest absolute Gasteiger partial charge is 0.469 e. The quantitative estimate of drug-likeness (QED) is 0.0958. The van der Waals surface area contributed by atoms with E-state index < -0.39 is 22.3 Å². The van der Waals surface area contributed by atoms with Crippen LogP contribution in [0.2, 0.25) is 0 Å². The van der Waals surface area contributed by atoms with Crippen molar-refractivity contribution >= 4 is 40.0 Å². The van der Waals surface area contributed by atoms with Crippen LogP contribution >= 0.6 is 11.8 Å². The zero-order valence-electron chi connectivity index (χ0n) is 22.3. The number of methoxy groups -OCH3 is 1. The number of carbonyl (C=O) groups excluding carboxylic acids is 1. The number of anilines is 1. The number of carbonyl (C=O) groups is 1. The van der Waals surface area contributed by atoms with Crippen LogP contribution in [-0.2, 0) is 9.53 Å². The third kappa shape index (κ3) is 6.46. The molecule has 4 aromatic rings. The van der Waals surface area contributed by atoms with Crippen molar-refractivity contribution in [3.8, 4) is 0 Å². The molecule has 2 aromatic carbocycles. The molecule has 0 saturated heterocycles. The lowest BCUT2D eigenvalue weighted by Crippen LogP contribution is -2.41. The Morgan fingerprint density at radius 1 is 1.12 bits per heavy atom. The summed E-state index contributed by atoms with van der Waals surface area (Å²) in [7, 11) is 1.32. The summed E-state index contributed by atoms with van der Waals surface area (Å²) in [6.45, 7) is 4.49. The van der Waals surface area contributed by atoms with Crippen LogP contribution in [0.5, 0.6) is 0 Å². The van der Waals surface area contributed by atoms with Crippen molar-refractivity contribution in [2.75, 3.05) is 25.5 Å². The summed E-state index contributed by atoms with van der Waals surface area (Å²) in [6.07, 6.45) is 2.30. The van der Waals surface area contributed by atoms with Crippen molar-refractivity contribution in [1.29, 1.82) is 0 Å². The summed E-state index contributed by atoms with van der Waals surface area (Å²) >= 11 is 1.37. The van der Waals surface area contributed by atoms with Crippen LogP contribution in [0.1, 0.15) is 31.9 Å². The van der Waals surface area contributed by atoms with Gasteiger partial charge in [-0.15, -0.1) is 0 Å². The van der Waals surface area contributed by atoms with Crippen LogP contribution in [0.15, 0.2) is 81.6 Å². The number of rotatable bonds is 12. The van der Waals surface area contributed by atoms with E-state index in [0.717, 1.165) is 15.3 Å². The number of ether oxygens (including phenoxy) is 1. The highest BCUT2D eigenvalue weighted by molar-refractivity contribution is 7.99. The number of hydrogen-bond acceptors (Lipinski definition) is 10. The molecule has 0 fully saturated rings. The predicted octanol–water partition coefficient (Wildman–Crippen LogP) is 4.71. The van der Waals surface area contributed by atoms with Crippen molar-refractivity contribution in [1.82, 2.24) is 20.5 Å². The molecule has 12 heteroatoms. The van der Waals surface area contributed by atoms with Crippen molar-refractivity contribution in [2.24, 2.45) is 5.41 Å². The molecule has 0 aliphatic carbocycles. The van der Waals surface area contributed by atoms with Gasteiger partial charge in [-0.1, -0.05) is 36.0 Å². The summed E-state index contributed by atoms with van der Waals surface area (Å²) in [5, 5.41) is 27.0. The number of esters is 1. The average Bonchev–Trinajstić information content (AvgIpc) is 2.96. The van der Waals surface area contributed by atoms with Crippen molar-refractivity contribution in [3.63, 3.8) is 0 Å². The molecule has 0 bridgehead atoms. The molecule has 40 heavy (non-hydrogen) atoms. The fraction of sp³-hybridized carbons (Fsp3) is 0.286. The van der Waals surface area contributed by atoms with Gasteiger partial charge in [-0.25, -0.2) is 10.1 Å². The normalized spacial score (nSPS) is 12.2. The molecule has 0 aliphatic rings. The molecule has 3 N–H and O–H groups in total. The molecule has 2 aromatic heterocycles. The van der Waals surface area contributed by atoms with Crippen LogP contribution in [0.3, 0.4) is 0 Å². The van der Waals surface area contributed by atoms with Gasteiger partial charge in [-0.05, 0) is 56.6 Å². The first kappa shape index (κ1) is 28.7. The first-order chi connectivity index (χ1) is 19.2. The van der Waals surface area contributed by atoms with Gasteiger partial charge < -0.3 is 15.4 Å². The van der Waals surface area contributed by atoms with Gasteiger partial charge in [0, 0.05) is 41.2 Å². The molecule has 208 valence electrons. The number of hydrogen-bond donors (Lipinski definition) is 3. The second-order valence-electron chi connectivity index (χ2n) is 9.58. The summed E-state index contributed by atoms with van der Waals surface area (Å²) < 4.78 is 5.11. The molecular weight excluding hydrogens is 532 g/mol. The van der Waals surface area contributed by atoms with Crippen LogP contribution < -0.4 is 16.2 Å². The van der Waals surface area contributed by atoms with Crippen LogP contribution in [0.25, 0.3) is 10.8 Å². The standard InChI is InChI=1S/C28H30N6O5S/c1-28(2,27(36)39-3)24(21-17-18(34(37)38)12-13-22(21)40-23-11-6-7-14-29-23)30-15-8-16-31-25-19-9-4-5-10-20(19)26(35)33-32-25/h4-7,9-14,17,24,30H,8,15-16H2,1-3H3,(H,31,32)(H,33,35). The van der Waals surface area contributed by atoms with E-state index in [0.29, 0.717) is 36.3 Å². The van der Waals surface area contributed by atoms with Crippen LogP contribution in [0.4, 0.5) is 11.5 Å². The number of aromatic nitrogens is 3. The molecule has 0 radical (unpaired) electrons. The fourth-order valence-corrected chi connectivity index (χ4v) is 5.33. The number of nitrogens with one attached hydrogen (secondary N) is 3. The summed E-state index contributed by atoms with van der Waals surface area (Å²) in [6, 6.07) is 16.7. The molecule has 1 atom stereocenters. The molecule has 11 nitrogen and oxygen atoms in total. The van der Waals surface area contributed by atoms with Crippen LogP contribution in [0, 0.1) is 15.5 Å². The zero-order valence-corrected chi connectivity index (χ0v) is 23.2. The molecule has 0 amide bonds. The third-order valence-electron chi connectivity index (χ3n) is 6.49. The number of fused-ring (bicyclic) bond motifs is 1. The summed E-state index contributed by atoms with van der Waals surface area (Å²) in [5.41, 5.74) is -0.799. The van der Waals surface area contributed by atoms with Gasteiger partial charge in [-0.2, -0.15) is 5.10 Å². The van der Waals surface area contributed by atoms with Gasteiger partial charge in [-0.3, -0.25) is 19.7 Å². The van der Waals surface area contributed by atoms with Crippen LogP contribution in [-0.4, -0.2) is 46.3 Å².